The Morgan fingerprint density at radius 2 is 1.96 bits per heavy atom. The van der Waals surface area contributed by atoms with Crippen LogP contribution in [-0.2, 0) is 11.3 Å². The summed E-state index contributed by atoms with van der Waals surface area (Å²) in [5.41, 5.74) is 2.75. The molecule has 3 rings (SSSR count). The molecule has 4 heteroatoms. The molecule has 0 bridgehead atoms. The van der Waals surface area contributed by atoms with Crippen LogP contribution in [0.1, 0.15) is 42.9 Å². The zero-order valence-corrected chi connectivity index (χ0v) is 14.5. The zero-order chi connectivity index (χ0) is 16.7. The van der Waals surface area contributed by atoms with Crippen molar-refractivity contribution in [2.75, 3.05) is 19.7 Å². The Morgan fingerprint density at radius 1 is 1.26 bits per heavy atom. The van der Waals surface area contributed by atoms with Crippen LogP contribution in [0.3, 0.4) is 0 Å². The molecule has 0 aliphatic carbocycles. The van der Waals surface area contributed by atoms with Crippen molar-refractivity contribution < 1.29 is 14.9 Å². The molecule has 23 heavy (non-hydrogen) atoms. The molecular weight excluding hydrogens is 290 g/mol. The first-order valence-corrected chi connectivity index (χ1v) is 8.63. The van der Waals surface area contributed by atoms with E-state index in [-0.39, 0.29) is 12.2 Å². The maximum absolute atomic E-state index is 10.4. The lowest BCUT2D eigenvalue weighted by Gasteiger charge is -2.50. The van der Waals surface area contributed by atoms with Crippen LogP contribution in [0.4, 0.5) is 0 Å². The van der Waals surface area contributed by atoms with Gasteiger partial charge in [-0.1, -0.05) is 23.8 Å². The van der Waals surface area contributed by atoms with Crippen molar-refractivity contribution in [2.45, 2.75) is 63.9 Å². The van der Waals surface area contributed by atoms with Crippen LogP contribution < -0.4 is 0 Å². The molecule has 2 aliphatic rings. The number of aliphatic hydroxyl groups excluding tert-OH is 1. The number of piperidine rings is 1. The Labute approximate surface area is 139 Å². The summed E-state index contributed by atoms with van der Waals surface area (Å²) in [7, 11) is 0. The summed E-state index contributed by atoms with van der Waals surface area (Å²) in [5, 5.41) is 20.3. The van der Waals surface area contributed by atoms with Crippen molar-refractivity contribution in [2.24, 2.45) is 0 Å². The number of aryl methyl sites for hydroxylation is 2. The van der Waals surface area contributed by atoms with E-state index in [1.807, 2.05) is 0 Å². The van der Waals surface area contributed by atoms with Gasteiger partial charge < -0.3 is 14.9 Å². The normalized spacial score (nSPS) is 31.4. The van der Waals surface area contributed by atoms with Crippen molar-refractivity contribution >= 4 is 0 Å². The smallest absolute Gasteiger partial charge is 0.106 e. The maximum atomic E-state index is 10.4. The molecule has 1 aromatic carbocycles. The van der Waals surface area contributed by atoms with E-state index in [1.54, 1.807) is 6.92 Å². The van der Waals surface area contributed by atoms with Gasteiger partial charge >= 0.3 is 0 Å². The average molecular weight is 319 g/mol. The number of benzene rings is 1. The quantitative estimate of drug-likeness (QED) is 0.877. The van der Waals surface area contributed by atoms with Gasteiger partial charge in [-0.15, -0.1) is 0 Å². The standard InChI is InChI=1S/C19H29NO3/c1-14-4-5-15(2)16(10-14)11-20-8-6-19(7-9-20)13-18(3,22)17(21)12-23-19/h4-5,10,17,21-22H,6-9,11-13H2,1-3H3/t17-,18-/m0/s1. The van der Waals surface area contributed by atoms with Gasteiger partial charge in [0, 0.05) is 26.1 Å². The monoisotopic (exact) mass is 319 g/mol. The molecule has 0 saturated carbocycles. The number of hydrogen-bond acceptors (Lipinski definition) is 4. The van der Waals surface area contributed by atoms with E-state index < -0.39 is 11.7 Å². The molecule has 128 valence electrons. The third kappa shape index (κ3) is 3.61. The summed E-state index contributed by atoms with van der Waals surface area (Å²) in [6, 6.07) is 6.63. The molecule has 2 atom stereocenters. The Hall–Kier alpha value is -0.940. The van der Waals surface area contributed by atoms with Gasteiger partial charge in [-0.2, -0.15) is 0 Å². The predicted molar refractivity (Wildman–Crippen MR) is 90.4 cm³/mol. The minimum atomic E-state index is -1.03. The third-order valence-electron chi connectivity index (χ3n) is 5.61. The van der Waals surface area contributed by atoms with Gasteiger partial charge in [0.2, 0.25) is 0 Å². The van der Waals surface area contributed by atoms with Crippen LogP contribution in [-0.4, -0.2) is 52.1 Å². The summed E-state index contributed by atoms with van der Waals surface area (Å²) in [4.78, 5) is 2.47. The fraction of sp³-hybridized carbons (Fsp3) is 0.684. The van der Waals surface area contributed by atoms with E-state index >= 15 is 0 Å². The van der Waals surface area contributed by atoms with E-state index in [1.165, 1.54) is 16.7 Å². The van der Waals surface area contributed by atoms with Crippen LogP contribution in [0.15, 0.2) is 18.2 Å². The van der Waals surface area contributed by atoms with Crippen molar-refractivity contribution in [1.82, 2.24) is 4.90 Å². The molecule has 0 amide bonds. The van der Waals surface area contributed by atoms with Crippen LogP contribution >= 0.6 is 0 Å². The number of hydrogen-bond donors (Lipinski definition) is 2. The minimum absolute atomic E-state index is 0.240. The lowest BCUT2D eigenvalue weighted by molar-refractivity contribution is -0.223. The minimum Gasteiger partial charge on any atom is -0.388 e. The SMILES string of the molecule is Cc1ccc(C)c(CN2CCC3(CC2)C[C@](C)(O)[C@@H](O)CO3)c1. The second-order valence-electron chi connectivity index (χ2n) is 7.75. The molecule has 4 nitrogen and oxygen atoms in total. The number of likely N-dealkylation sites (tertiary alicyclic amines) is 1. The summed E-state index contributed by atoms with van der Waals surface area (Å²) in [5.74, 6) is 0. The van der Waals surface area contributed by atoms with Gasteiger partial charge in [0.25, 0.3) is 0 Å². The average Bonchev–Trinajstić information content (AvgIpc) is 2.49. The molecule has 1 spiro atoms. The third-order valence-corrected chi connectivity index (χ3v) is 5.61. The molecule has 2 aliphatic heterocycles. The zero-order valence-electron chi connectivity index (χ0n) is 14.5. The number of aliphatic hydroxyl groups is 2. The highest BCUT2D eigenvalue weighted by Crippen LogP contribution is 2.39. The first-order chi connectivity index (χ1) is 10.8. The van der Waals surface area contributed by atoms with Crippen LogP contribution in [0.2, 0.25) is 0 Å². The van der Waals surface area contributed by atoms with Gasteiger partial charge in [-0.25, -0.2) is 0 Å². The Morgan fingerprint density at radius 3 is 2.61 bits per heavy atom. The van der Waals surface area contributed by atoms with Crippen molar-refractivity contribution in [3.8, 4) is 0 Å². The van der Waals surface area contributed by atoms with Gasteiger partial charge in [0.1, 0.15) is 6.10 Å². The Balaban J connectivity index is 1.61. The highest BCUT2D eigenvalue weighted by atomic mass is 16.5. The number of rotatable bonds is 2. The largest absolute Gasteiger partial charge is 0.388 e. The van der Waals surface area contributed by atoms with E-state index in [2.05, 4.69) is 36.9 Å². The van der Waals surface area contributed by atoms with Crippen LogP contribution in [0.5, 0.6) is 0 Å². The molecule has 2 saturated heterocycles. The van der Waals surface area contributed by atoms with E-state index in [0.29, 0.717) is 6.42 Å². The van der Waals surface area contributed by atoms with Crippen LogP contribution in [0, 0.1) is 13.8 Å². The first-order valence-electron chi connectivity index (χ1n) is 8.63. The van der Waals surface area contributed by atoms with Gasteiger partial charge in [0.15, 0.2) is 0 Å². The molecule has 1 aromatic rings. The highest BCUT2D eigenvalue weighted by molar-refractivity contribution is 5.30. The van der Waals surface area contributed by atoms with Crippen molar-refractivity contribution in [3.63, 3.8) is 0 Å². The fourth-order valence-corrected chi connectivity index (χ4v) is 3.91. The summed E-state index contributed by atoms with van der Waals surface area (Å²) in [6.45, 7) is 9.19. The molecule has 0 unspecified atom stereocenters. The summed E-state index contributed by atoms with van der Waals surface area (Å²) in [6.07, 6.45) is 1.58. The van der Waals surface area contributed by atoms with E-state index in [0.717, 1.165) is 32.5 Å². The van der Waals surface area contributed by atoms with E-state index in [4.69, 9.17) is 4.74 Å². The van der Waals surface area contributed by atoms with Gasteiger partial charge in [-0.05, 0) is 44.7 Å². The molecule has 0 aromatic heterocycles. The fourth-order valence-electron chi connectivity index (χ4n) is 3.91. The second kappa shape index (κ2) is 6.17. The Kier molecular flexibility index (Phi) is 4.53. The van der Waals surface area contributed by atoms with Crippen molar-refractivity contribution in [1.29, 1.82) is 0 Å². The topological polar surface area (TPSA) is 52.9 Å². The summed E-state index contributed by atoms with van der Waals surface area (Å²) < 4.78 is 5.96. The second-order valence-corrected chi connectivity index (χ2v) is 7.75. The Bertz CT molecular complexity index is 562. The molecular formula is C19H29NO3. The first kappa shape index (κ1) is 16.9. The molecule has 2 fully saturated rings. The van der Waals surface area contributed by atoms with Crippen molar-refractivity contribution in [3.05, 3.63) is 34.9 Å². The predicted octanol–water partition coefficient (Wildman–Crippen LogP) is 2.17. The van der Waals surface area contributed by atoms with Gasteiger partial charge in [-0.3, -0.25) is 4.90 Å². The lowest BCUT2D eigenvalue weighted by atomic mass is 9.76. The van der Waals surface area contributed by atoms with Crippen LogP contribution in [0.25, 0.3) is 0 Å². The summed E-state index contributed by atoms with van der Waals surface area (Å²) >= 11 is 0. The maximum Gasteiger partial charge on any atom is 0.106 e. The molecule has 2 N–H and O–H groups in total. The lowest BCUT2D eigenvalue weighted by Crippen LogP contribution is -2.59. The molecule has 2 heterocycles. The van der Waals surface area contributed by atoms with E-state index in [9.17, 15) is 10.2 Å². The number of nitrogens with zero attached hydrogens (tertiary/aromatic N) is 1. The highest BCUT2D eigenvalue weighted by Gasteiger charge is 2.48. The molecule has 0 radical (unpaired) electrons. The van der Waals surface area contributed by atoms with Gasteiger partial charge in [0.05, 0.1) is 17.8 Å². The number of ether oxygens (including phenoxy) is 1.